The maximum Gasteiger partial charge on any atom is 0.257 e. The molecule has 0 aliphatic heterocycles. The zero-order chi connectivity index (χ0) is 17.9. The largest absolute Gasteiger partial charge is 0.506 e. The maximum atomic E-state index is 12.5. The van der Waals surface area contributed by atoms with Gasteiger partial charge in [-0.3, -0.25) is 10.1 Å². The molecule has 0 saturated heterocycles. The summed E-state index contributed by atoms with van der Waals surface area (Å²) in [5.74, 6) is 2.35. The van der Waals surface area contributed by atoms with E-state index < -0.39 is 0 Å². The summed E-state index contributed by atoms with van der Waals surface area (Å²) in [5.41, 5.74) is 1.84. The van der Waals surface area contributed by atoms with Crippen molar-refractivity contribution in [2.75, 3.05) is 5.32 Å². The highest BCUT2D eigenvalue weighted by atomic mass is 35.5. The summed E-state index contributed by atoms with van der Waals surface area (Å²) in [5, 5.41) is 15.3. The molecule has 136 valence electrons. The van der Waals surface area contributed by atoms with Crippen LogP contribution in [-0.2, 0) is 5.41 Å². The fourth-order valence-electron chi connectivity index (χ4n) is 5.82. The summed E-state index contributed by atoms with van der Waals surface area (Å²) in [6.45, 7) is 0. The Hall–Kier alpha value is -1.59. The van der Waals surface area contributed by atoms with E-state index in [9.17, 15) is 9.90 Å². The highest BCUT2D eigenvalue weighted by Crippen LogP contribution is 2.60. The van der Waals surface area contributed by atoms with Crippen LogP contribution in [0.1, 0.15) is 54.6 Å². The van der Waals surface area contributed by atoms with Gasteiger partial charge in [0.2, 0.25) is 0 Å². The van der Waals surface area contributed by atoms with Crippen LogP contribution in [0.5, 0.6) is 5.75 Å². The number of halogens is 1. The number of hydrogen-bond donors (Lipinski definition) is 2. The van der Waals surface area contributed by atoms with Crippen LogP contribution in [0.3, 0.4) is 0 Å². The Kier molecular flexibility index (Phi) is 3.80. The second-order valence-corrected chi connectivity index (χ2v) is 9.62. The van der Waals surface area contributed by atoms with Gasteiger partial charge >= 0.3 is 0 Å². The zero-order valence-electron chi connectivity index (χ0n) is 14.4. The van der Waals surface area contributed by atoms with Gasteiger partial charge in [-0.05, 0) is 74.5 Å². The van der Waals surface area contributed by atoms with E-state index >= 15 is 0 Å². The van der Waals surface area contributed by atoms with Crippen LogP contribution in [0.25, 0.3) is 0 Å². The number of hydrogen-bond acceptors (Lipinski definition) is 4. The molecule has 1 amide bonds. The lowest BCUT2D eigenvalue weighted by Gasteiger charge is -2.56. The van der Waals surface area contributed by atoms with Gasteiger partial charge in [0.1, 0.15) is 5.75 Å². The van der Waals surface area contributed by atoms with Gasteiger partial charge in [-0.1, -0.05) is 11.6 Å². The molecule has 0 atom stereocenters. The normalized spacial score (nSPS) is 32.0. The summed E-state index contributed by atoms with van der Waals surface area (Å²) in [7, 11) is 0. The Balaban J connectivity index is 1.36. The fraction of sp³-hybridized carbons (Fsp3) is 0.500. The molecule has 2 aromatic rings. The van der Waals surface area contributed by atoms with Crippen LogP contribution in [0.2, 0.25) is 5.02 Å². The van der Waals surface area contributed by atoms with Crippen molar-refractivity contribution < 1.29 is 9.90 Å². The van der Waals surface area contributed by atoms with Gasteiger partial charge in [0, 0.05) is 16.4 Å². The number of carbonyl (C=O) groups is 1. The van der Waals surface area contributed by atoms with Crippen molar-refractivity contribution in [2.45, 2.75) is 43.9 Å². The van der Waals surface area contributed by atoms with E-state index in [1.807, 2.05) is 0 Å². The van der Waals surface area contributed by atoms with E-state index in [0.29, 0.717) is 10.7 Å². The Morgan fingerprint density at radius 3 is 2.46 bits per heavy atom. The lowest BCUT2D eigenvalue weighted by atomic mass is 9.49. The molecule has 4 fully saturated rings. The Morgan fingerprint density at radius 1 is 1.19 bits per heavy atom. The number of phenols is 1. The molecule has 4 nitrogen and oxygen atoms in total. The second kappa shape index (κ2) is 5.96. The number of nitrogens with zero attached hydrogens (tertiary/aromatic N) is 1. The van der Waals surface area contributed by atoms with Gasteiger partial charge in [0.15, 0.2) is 5.13 Å². The molecule has 1 heterocycles. The number of nitrogens with one attached hydrogen (secondary N) is 1. The number of benzene rings is 1. The number of carbonyl (C=O) groups excluding carboxylic acids is 1. The summed E-state index contributed by atoms with van der Waals surface area (Å²) >= 11 is 7.40. The molecule has 4 aliphatic rings. The van der Waals surface area contributed by atoms with E-state index in [4.69, 9.17) is 16.6 Å². The molecule has 0 spiro atoms. The molecule has 1 aromatic carbocycles. The molecule has 0 unspecified atom stereocenters. The minimum absolute atomic E-state index is 0.0263. The first-order chi connectivity index (χ1) is 12.5. The van der Waals surface area contributed by atoms with Crippen LogP contribution in [0.15, 0.2) is 23.6 Å². The molecule has 26 heavy (non-hydrogen) atoms. The van der Waals surface area contributed by atoms with Gasteiger partial charge in [0.05, 0.1) is 10.7 Å². The average Bonchev–Trinajstić information content (AvgIpc) is 3.05. The monoisotopic (exact) mass is 388 g/mol. The summed E-state index contributed by atoms with van der Waals surface area (Å²) < 4.78 is 0. The number of anilines is 1. The number of phenolic OH excluding ortho intramolecular Hbond substituents is 1. The number of thiazole rings is 1. The van der Waals surface area contributed by atoms with E-state index in [1.54, 1.807) is 6.07 Å². The van der Waals surface area contributed by atoms with Crippen molar-refractivity contribution in [3.63, 3.8) is 0 Å². The van der Waals surface area contributed by atoms with Crippen LogP contribution in [0, 0.1) is 17.8 Å². The van der Waals surface area contributed by atoms with Crippen LogP contribution >= 0.6 is 22.9 Å². The lowest BCUT2D eigenvalue weighted by Crippen LogP contribution is -2.48. The molecule has 0 radical (unpaired) electrons. The molecule has 4 aliphatic carbocycles. The van der Waals surface area contributed by atoms with Crippen LogP contribution in [-0.4, -0.2) is 16.0 Å². The number of amides is 1. The standard InChI is InChI=1S/C20H21ClN2O2S/c21-15-6-14(1-2-16(15)24)18(25)23-19-22-17(10-26-19)20-7-11-3-12(8-20)5-13(4-11)9-20/h1-2,6,10-13,24H,3-5,7-9H2,(H,22,23,25). The van der Waals surface area contributed by atoms with Crippen LogP contribution in [0.4, 0.5) is 5.13 Å². The van der Waals surface area contributed by atoms with Crippen LogP contribution < -0.4 is 5.32 Å². The molecular weight excluding hydrogens is 368 g/mol. The van der Waals surface area contributed by atoms with Gasteiger partial charge in [-0.25, -0.2) is 4.98 Å². The molecule has 4 bridgehead atoms. The molecule has 2 N–H and O–H groups in total. The van der Waals surface area contributed by atoms with E-state index in [0.717, 1.165) is 17.8 Å². The third kappa shape index (κ3) is 2.72. The Labute approximate surface area is 161 Å². The molecule has 4 saturated carbocycles. The highest BCUT2D eigenvalue weighted by Gasteiger charge is 2.52. The first kappa shape index (κ1) is 16.6. The molecule has 1 aromatic heterocycles. The van der Waals surface area contributed by atoms with Gasteiger partial charge in [0.25, 0.3) is 5.91 Å². The Morgan fingerprint density at radius 2 is 1.85 bits per heavy atom. The van der Waals surface area contributed by atoms with Gasteiger partial charge in [-0.2, -0.15) is 0 Å². The quantitative estimate of drug-likeness (QED) is 0.757. The minimum atomic E-state index is -0.252. The smallest absolute Gasteiger partial charge is 0.257 e. The van der Waals surface area contributed by atoms with Crippen molar-refractivity contribution in [1.29, 1.82) is 0 Å². The van der Waals surface area contributed by atoms with Crippen molar-refractivity contribution in [3.8, 4) is 5.75 Å². The first-order valence-corrected chi connectivity index (χ1v) is 10.5. The SMILES string of the molecule is O=C(Nc1nc(C23CC4CC(CC(C4)C2)C3)cs1)c1ccc(O)c(Cl)c1. The van der Waals surface area contributed by atoms with E-state index in [1.165, 1.54) is 67.7 Å². The summed E-state index contributed by atoms with van der Waals surface area (Å²) in [6.07, 6.45) is 8.04. The van der Waals surface area contributed by atoms with E-state index in [2.05, 4.69) is 10.7 Å². The molecular formula is C20H21ClN2O2S. The fourth-order valence-corrected chi connectivity index (χ4v) is 6.83. The second-order valence-electron chi connectivity index (χ2n) is 8.36. The number of rotatable bonds is 3. The minimum Gasteiger partial charge on any atom is -0.506 e. The lowest BCUT2D eigenvalue weighted by molar-refractivity contribution is -0.00688. The van der Waals surface area contributed by atoms with Gasteiger partial charge in [-0.15, -0.1) is 11.3 Å². The highest BCUT2D eigenvalue weighted by molar-refractivity contribution is 7.14. The number of aromatic nitrogens is 1. The zero-order valence-corrected chi connectivity index (χ0v) is 15.9. The maximum absolute atomic E-state index is 12.5. The molecule has 6 heteroatoms. The topological polar surface area (TPSA) is 62.2 Å². The predicted octanol–water partition coefficient (Wildman–Crippen LogP) is 5.22. The number of aromatic hydroxyl groups is 1. The van der Waals surface area contributed by atoms with Crippen molar-refractivity contribution >= 4 is 34.0 Å². The Bertz CT molecular complexity index is 843. The third-order valence-corrected chi connectivity index (χ3v) is 7.58. The van der Waals surface area contributed by atoms with Gasteiger partial charge < -0.3 is 5.11 Å². The van der Waals surface area contributed by atoms with Crippen molar-refractivity contribution in [3.05, 3.63) is 39.9 Å². The summed E-state index contributed by atoms with van der Waals surface area (Å²) in [6, 6.07) is 4.46. The summed E-state index contributed by atoms with van der Waals surface area (Å²) in [4.78, 5) is 17.3. The first-order valence-electron chi connectivity index (χ1n) is 9.27. The average molecular weight is 389 g/mol. The molecule has 6 rings (SSSR count). The third-order valence-electron chi connectivity index (χ3n) is 6.52. The van der Waals surface area contributed by atoms with Crippen molar-refractivity contribution in [2.24, 2.45) is 17.8 Å². The predicted molar refractivity (Wildman–Crippen MR) is 103 cm³/mol. The van der Waals surface area contributed by atoms with Crippen molar-refractivity contribution in [1.82, 2.24) is 4.98 Å². The van der Waals surface area contributed by atoms with E-state index in [-0.39, 0.29) is 22.1 Å².